The van der Waals surface area contributed by atoms with Crippen LogP contribution in [0.3, 0.4) is 0 Å². The number of nitrogens with zero attached hydrogens (tertiary/aromatic N) is 1. The number of hydrogen-bond acceptors (Lipinski definition) is 5. The second kappa shape index (κ2) is 9.66. The minimum absolute atomic E-state index is 0.0292. The summed E-state index contributed by atoms with van der Waals surface area (Å²) in [7, 11) is -2.52. The SMILES string of the molecule is COC(=O)c1ccc(C)c(NC(=O)CCCN(c2ccc(F)c(F)c2)S(C)(=O)=O)c1. The fraction of sp³-hybridized carbons (Fsp3) is 0.300. The van der Waals surface area contributed by atoms with E-state index in [4.69, 9.17) is 0 Å². The zero-order valence-corrected chi connectivity index (χ0v) is 17.6. The largest absolute Gasteiger partial charge is 0.465 e. The Morgan fingerprint density at radius 1 is 1.10 bits per heavy atom. The van der Waals surface area contributed by atoms with Crippen molar-refractivity contribution in [2.24, 2.45) is 0 Å². The number of ether oxygens (including phenoxy) is 1. The van der Waals surface area contributed by atoms with Crippen LogP contribution in [0.1, 0.15) is 28.8 Å². The van der Waals surface area contributed by atoms with Crippen LogP contribution in [0.15, 0.2) is 36.4 Å². The number of carbonyl (C=O) groups is 2. The molecule has 0 saturated carbocycles. The molecule has 0 heterocycles. The molecule has 0 spiro atoms. The number of sulfonamides is 1. The molecular weight excluding hydrogens is 418 g/mol. The van der Waals surface area contributed by atoms with E-state index in [0.29, 0.717) is 5.69 Å². The first-order chi connectivity index (χ1) is 14.0. The maximum absolute atomic E-state index is 13.5. The van der Waals surface area contributed by atoms with Gasteiger partial charge in [0.25, 0.3) is 0 Å². The Labute approximate surface area is 173 Å². The van der Waals surface area contributed by atoms with E-state index in [1.807, 2.05) is 0 Å². The van der Waals surface area contributed by atoms with Gasteiger partial charge in [0.15, 0.2) is 11.6 Å². The van der Waals surface area contributed by atoms with Crippen molar-refractivity contribution < 1.29 is 31.5 Å². The lowest BCUT2D eigenvalue weighted by Gasteiger charge is -2.22. The van der Waals surface area contributed by atoms with Gasteiger partial charge in [-0.25, -0.2) is 22.0 Å². The van der Waals surface area contributed by atoms with E-state index < -0.39 is 27.6 Å². The Morgan fingerprint density at radius 3 is 2.40 bits per heavy atom. The average molecular weight is 440 g/mol. The molecule has 2 aromatic carbocycles. The number of halogens is 2. The van der Waals surface area contributed by atoms with Crippen molar-refractivity contribution in [3.8, 4) is 0 Å². The molecule has 0 unspecified atom stereocenters. The standard InChI is InChI=1S/C20H22F2N2O5S/c1-13-6-7-14(20(26)29-2)11-18(13)23-19(25)5-4-10-24(30(3,27)28)15-8-9-16(21)17(22)12-15/h6-9,11-12H,4-5,10H2,1-3H3,(H,23,25). The Hall–Kier alpha value is -3.01. The molecule has 0 saturated heterocycles. The highest BCUT2D eigenvalue weighted by Crippen LogP contribution is 2.22. The molecule has 7 nitrogen and oxygen atoms in total. The summed E-state index contributed by atoms with van der Waals surface area (Å²) in [5, 5.41) is 2.67. The van der Waals surface area contributed by atoms with Crippen molar-refractivity contribution in [3.63, 3.8) is 0 Å². The quantitative estimate of drug-likeness (QED) is 0.636. The van der Waals surface area contributed by atoms with E-state index in [1.54, 1.807) is 19.1 Å². The second-order valence-corrected chi connectivity index (χ2v) is 8.51. The van der Waals surface area contributed by atoms with Crippen LogP contribution in [0, 0.1) is 18.6 Å². The van der Waals surface area contributed by atoms with Gasteiger partial charge >= 0.3 is 5.97 Å². The molecule has 2 aromatic rings. The van der Waals surface area contributed by atoms with Crippen LogP contribution in [-0.4, -0.2) is 40.2 Å². The van der Waals surface area contributed by atoms with Gasteiger partial charge in [0.1, 0.15) is 0 Å². The summed E-state index contributed by atoms with van der Waals surface area (Å²) in [6.45, 7) is 1.66. The summed E-state index contributed by atoms with van der Waals surface area (Å²) < 4.78 is 56.2. The smallest absolute Gasteiger partial charge is 0.337 e. The number of nitrogens with one attached hydrogen (secondary N) is 1. The number of benzene rings is 2. The first kappa shape index (κ1) is 23.3. The monoisotopic (exact) mass is 440 g/mol. The van der Waals surface area contributed by atoms with E-state index in [0.717, 1.165) is 34.3 Å². The van der Waals surface area contributed by atoms with Crippen molar-refractivity contribution in [1.29, 1.82) is 0 Å². The van der Waals surface area contributed by atoms with Crippen LogP contribution >= 0.6 is 0 Å². The Balaban J connectivity index is 2.04. The molecule has 2 rings (SSSR count). The Morgan fingerprint density at radius 2 is 1.80 bits per heavy atom. The summed E-state index contributed by atoms with van der Waals surface area (Å²) in [4.78, 5) is 23.9. The summed E-state index contributed by atoms with van der Waals surface area (Å²) in [6, 6.07) is 7.51. The van der Waals surface area contributed by atoms with Gasteiger partial charge in [-0.2, -0.15) is 0 Å². The number of hydrogen-bond donors (Lipinski definition) is 1. The highest BCUT2D eigenvalue weighted by Gasteiger charge is 2.19. The van der Waals surface area contributed by atoms with E-state index >= 15 is 0 Å². The number of rotatable bonds is 8. The number of amides is 1. The Kier molecular flexibility index (Phi) is 7.49. The third-order valence-electron chi connectivity index (χ3n) is 4.29. The number of carbonyl (C=O) groups excluding carboxylic acids is 2. The number of anilines is 2. The molecular formula is C20H22F2N2O5S. The molecule has 1 amide bonds. The molecule has 30 heavy (non-hydrogen) atoms. The van der Waals surface area contributed by atoms with Gasteiger partial charge in [-0.3, -0.25) is 9.10 Å². The molecule has 0 fully saturated rings. The minimum atomic E-state index is -3.77. The normalized spacial score (nSPS) is 11.1. The highest BCUT2D eigenvalue weighted by atomic mass is 32.2. The van der Waals surface area contributed by atoms with Crippen molar-refractivity contribution in [1.82, 2.24) is 0 Å². The first-order valence-corrected chi connectivity index (χ1v) is 10.8. The van der Waals surface area contributed by atoms with E-state index in [-0.39, 0.29) is 36.5 Å². The molecule has 0 aliphatic heterocycles. The van der Waals surface area contributed by atoms with Gasteiger partial charge in [-0.1, -0.05) is 6.07 Å². The fourth-order valence-corrected chi connectivity index (χ4v) is 3.68. The lowest BCUT2D eigenvalue weighted by Crippen LogP contribution is -2.31. The zero-order valence-electron chi connectivity index (χ0n) is 16.7. The van der Waals surface area contributed by atoms with Crippen LogP contribution in [0.25, 0.3) is 0 Å². The van der Waals surface area contributed by atoms with Gasteiger partial charge in [0, 0.05) is 24.7 Å². The van der Waals surface area contributed by atoms with Crippen molar-refractivity contribution in [2.45, 2.75) is 19.8 Å². The van der Waals surface area contributed by atoms with E-state index in [1.165, 1.54) is 13.2 Å². The predicted molar refractivity (Wildman–Crippen MR) is 109 cm³/mol. The lowest BCUT2D eigenvalue weighted by molar-refractivity contribution is -0.116. The molecule has 1 N–H and O–H groups in total. The van der Waals surface area contributed by atoms with Gasteiger partial charge in [0.05, 0.1) is 24.6 Å². The van der Waals surface area contributed by atoms with Crippen LogP contribution in [0.4, 0.5) is 20.2 Å². The summed E-state index contributed by atoms with van der Waals surface area (Å²) in [5.74, 6) is -3.18. The predicted octanol–water partition coefficient (Wildman–Crippen LogP) is 3.24. The average Bonchev–Trinajstić information content (AvgIpc) is 2.67. The molecule has 10 heteroatoms. The fourth-order valence-electron chi connectivity index (χ4n) is 2.72. The number of methoxy groups -OCH3 is 1. The Bertz CT molecular complexity index is 1060. The molecule has 0 aromatic heterocycles. The van der Waals surface area contributed by atoms with Crippen molar-refractivity contribution in [3.05, 3.63) is 59.2 Å². The zero-order chi connectivity index (χ0) is 22.5. The number of esters is 1. The van der Waals surface area contributed by atoms with Crippen LogP contribution < -0.4 is 9.62 Å². The van der Waals surface area contributed by atoms with Gasteiger partial charge < -0.3 is 10.1 Å². The van der Waals surface area contributed by atoms with Crippen molar-refractivity contribution >= 4 is 33.3 Å². The summed E-state index contributed by atoms with van der Waals surface area (Å²) >= 11 is 0. The van der Waals surface area contributed by atoms with E-state index in [2.05, 4.69) is 10.1 Å². The van der Waals surface area contributed by atoms with Gasteiger partial charge in [-0.15, -0.1) is 0 Å². The first-order valence-electron chi connectivity index (χ1n) is 8.94. The molecule has 0 bridgehead atoms. The summed E-state index contributed by atoms with van der Waals surface area (Å²) in [6.07, 6.45) is 1.04. The maximum Gasteiger partial charge on any atom is 0.337 e. The van der Waals surface area contributed by atoms with Crippen LogP contribution in [0.2, 0.25) is 0 Å². The molecule has 0 atom stereocenters. The van der Waals surface area contributed by atoms with Crippen LogP contribution in [0.5, 0.6) is 0 Å². The lowest BCUT2D eigenvalue weighted by atomic mass is 10.1. The van der Waals surface area contributed by atoms with Gasteiger partial charge in [-0.05, 0) is 43.2 Å². The van der Waals surface area contributed by atoms with E-state index in [9.17, 15) is 26.8 Å². The third kappa shape index (κ3) is 5.99. The highest BCUT2D eigenvalue weighted by molar-refractivity contribution is 7.92. The maximum atomic E-state index is 13.5. The molecule has 0 aliphatic carbocycles. The minimum Gasteiger partial charge on any atom is -0.465 e. The van der Waals surface area contributed by atoms with Crippen LogP contribution in [-0.2, 0) is 19.6 Å². The number of aryl methyl sites for hydroxylation is 1. The van der Waals surface area contributed by atoms with Gasteiger partial charge in [0.2, 0.25) is 15.9 Å². The summed E-state index contributed by atoms with van der Waals surface area (Å²) in [5.41, 5.74) is 1.41. The molecule has 0 radical (unpaired) electrons. The van der Waals surface area contributed by atoms with Crippen molar-refractivity contribution in [2.75, 3.05) is 29.5 Å². The second-order valence-electron chi connectivity index (χ2n) is 6.61. The third-order valence-corrected chi connectivity index (χ3v) is 5.48. The topological polar surface area (TPSA) is 92.8 Å². The molecule has 162 valence electrons. The molecule has 0 aliphatic rings.